The fraction of sp³-hybridized carbons (Fsp3) is 0.462. The van der Waals surface area contributed by atoms with Crippen LogP contribution in [-0.2, 0) is 0 Å². The molecule has 0 aromatic heterocycles. The van der Waals surface area contributed by atoms with Gasteiger partial charge in [0.25, 0.3) is 0 Å². The quantitative estimate of drug-likeness (QED) is 0.873. The van der Waals surface area contributed by atoms with Gasteiger partial charge in [0, 0.05) is 18.8 Å². The van der Waals surface area contributed by atoms with E-state index in [1.165, 1.54) is 0 Å². The first-order valence-electron chi connectivity index (χ1n) is 6.13. The Kier molecular flexibility index (Phi) is 6.42. The minimum absolute atomic E-state index is 0.263. The van der Waals surface area contributed by atoms with Crippen molar-refractivity contribution in [3.8, 4) is 0 Å². The van der Waals surface area contributed by atoms with Crippen LogP contribution in [0.25, 0.3) is 0 Å². The van der Waals surface area contributed by atoms with Crippen LogP contribution >= 0.6 is 23.2 Å². The van der Waals surface area contributed by atoms with Crippen LogP contribution in [0.1, 0.15) is 20.3 Å². The highest BCUT2D eigenvalue weighted by Crippen LogP contribution is 2.25. The lowest BCUT2D eigenvalue weighted by molar-refractivity contribution is 0.138. The van der Waals surface area contributed by atoms with Crippen molar-refractivity contribution in [3.63, 3.8) is 0 Å². The molecule has 0 aliphatic carbocycles. The first-order valence-corrected chi connectivity index (χ1v) is 6.88. The summed E-state index contributed by atoms with van der Waals surface area (Å²) in [5.41, 5.74) is 0.575. The lowest BCUT2D eigenvalue weighted by Gasteiger charge is -2.24. The molecule has 0 fully saturated rings. The van der Waals surface area contributed by atoms with Gasteiger partial charge in [0.1, 0.15) is 0 Å². The zero-order valence-corrected chi connectivity index (χ0v) is 12.5. The largest absolute Gasteiger partial charge is 0.392 e. The molecular weight excluding hydrogens is 287 g/mol. The van der Waals surface area contributed by atoms with Gasteiger partial charge in [-0.15, -0.1) is 0 Å². The Balaban J connectivity index is 2.72. The third kappa shape index (κ3) is 5.27. The van der Waals surface area contributed by atoms with Gasteiger partial charge in [0.05, 0.1) is 16.1 Å². The Labute approximate surface area is 123 Å². The van der Waals surface area contributed by atoms with E-state index in [0.29, 0.717) is 28.8 Å². The van der Waals surface area contributed by atoms with Crippen LogP contribution < -0.4 is 5.32 Å². The summed E-state index contributed by atoms with van der Waals surface area (Å²) in [6, 6.07) is 4.63. The molecular formula is C13H18Cl2N2O2. The van der Waals surface area contributed by atoms with Crippen LogP contribution in [0, 0.1) is 0 Å². The number of carbonyl (C=O) groups excluding carboxylic acids is 1. The molecule has 19 heavy (non-hydrogen) atoms. The van der Waals surface area contributed by atoms with Crippen LogP contribution in [0.4, 0.5) is 10.5 Å². The normalized spacial score (nSPS) is 12.1. The lowest BCUT2D eigenvalue weighted by atomic mass is 10.3. The summed E-state index contributed by atoms with van der Waals surface area (Å²) in [5, 5.41) is 12.9. The third-order valence-corrected chi connectivity index (χ3v) is 3.18. The van der Waals surface area contributed by atoms with E-state index in [9.17, 15) is 9.90 Å². The molecule has 0 radical (unpaired) electrons. The summed E-state index contributed by atoms with van der Waals surface area (Å²) in [5.74, 6) is 0. The van der Waals surface area contributed by atoms with Crippen molar-refractivity contribution in [2.45, 2.75) is 26.4 Å². The standard InChI is InChI=1S/C13H18Cl2N2O2/c1-3-6-17(8-9(2)18)13(19)16-10-4-5-11(14)12(15)7-10/h4-5,7,9,18H,3,6,8H2,1-2H3,(H,16,19)/t9-/m1/s1. The molecule has 4 nitrogen and oxygen atoms in total. The Morgan fingerprint density at radius 2 is 2.11 bits per heavy atom. The van der Waals surface area contributed by atoms with Gasteiger partial charge in [-0.1, -0.05) is 30.1 Å². The number of anilines is 1. The van der Waals surface area contributed by atoms with Crippen molar-refractivity contribution in [1.82, 2.24) is 4.90 Å². The van der Waals surface area contributed by atoms with E-state index < -0.39 is 6.10 Å². The van der Waals surface area contributed by atoms with Crippen LogP contribution in [0.15, 0.2) is 18.2 Å². The number of hydrogen-bond donors (Lipinski definition) is 2. The molecule has 1 aromatic carbocycles. The molecule has 0 aliphatic rings. The molecule has 0 unspecified atom stereocenters. The van der Waals surface area contributed by atoms with Crippen LogP contribution in [-0.4, -0.2) is 35.2 Å². The molecule has 0 saturated carbocycles. The van der Waals surface area contributed by atoms with Gasteiger partial charge in [-0.3, -0.25) is 0 Å². The Bertz CT molecular complexity index is 439. The van der Waals surface area contributed by atoms with Crippen molar-refractivity contribution in [1.29, 1.82) is 0 Å². The fourth-order valence-corrected chi connectivity index (χ4v) is 1.94. The maximum atomic E-state index is 12.1. The third-order valence-electron chi connectivity index (χ3n) is 2.44. The van der Waals surface area contributed by atoms with Crippen LogP contribution in [0.5, 0.6) is 0 Å². The molecule has 0 bridgehead atoms. The number of halogens is 2. The molecule has 0 spiro atoms. The zero-order chi connectivity index (χ0) is 14.4. The number of carbonyl (C=O) groups is 1. The van der Waals surface area contributed by atoms with Crippen molar-refractivity contribution in [2.24, 2.45) is 0 Å². The van der Waals surface area contributed by atoms with E-state index in [0.717, 1.165) is 6.42 Å². The summed E-state index contributed by atoms with van der Waals surface area (Å²) in [6.45, 7) is 4.50. The second-order valence-electron chi connectivity index (χ2n) is 4.35. The zero-order valence-electron chi connectivity index (χ0n) is 11.0. The van der Waals surface area contributed by atoms with E-state index in [4.69, 9.17) is 23.2 Å². The lowest BCUT2D eigenvalue weighted by Crippen LogP contribution is -2.39. The summed E-state index contributed by atoms with van der Waals surface area (Å²) < 4.78 is 0. The maximum absolute atomic E-state index is 12.1. The minimum Gasteiger partial charge on any atom is -0.392 e. The van der Waals surface area contributed by atoms with Gasteiger partial charge in [-0.2, -0.15) is 0 Å². The summed E-state index contributed by atoms with van der Waals surface area (Å²) in [7, 11) is 0. The molecule has 6 heteroatoms. The number of aliphatic hydroxyl groups is 1. The van der Waals surface area contributed by atoms with Crippen molar-refractivity contribution >= 4 is 34.9 Å². The second kappa shape index (κ2) is 7.58. The highest BCUT2D eigenvalue weighted by Gasteiger charge is 2.15. The minimum atomic E-state index is -0.564. The van der Waals surface area contributed by atoms with E-state index in [1.807, 2.05) is 6.92 Å². The van der Waals surface area contributed by atoms with Gasteiger partial charge in [-0.05, 0) is 31.5 Å². The Morgan fingerprint density at radius 3 is 2.63 bits per heavy atom. The molecule has 0 heterocycles. The molecule has 1 aromatic rings. The molecule has 2 N–H and O–H groups in total. The number of hydrogen-bond acceptors (Lipinski definition) is 2. The number of urea groups is 1. The molecule has 106 valence electrons. The predicted octanol–water partition coefficient (Wildman–Crippen LogP) is 3.62. The summed E-state index contributed by atoms with van der Waals surface area (Å²) in [4.78, 5) is 13.6. The number of rotatable bonds is 5. The van der Waals surface area contributed by atoms with Crippen molar-refractivity contribution < 1.29 is 9.90 Å². The monoisotopic (exact) mass is 304 g/mol. The first kappa shape index (κ1) is 16.1. The molecule has 0 aliphatic heterocycles. The van der Waals surface area contributed by atoms with Gasteiger partial charge < -0.3 is 15.3 Å². The van der Waals surface area contributed by atoms with Crippen LogP contribution in [0.2, 0.25) is 10.0 Å². The van der Waals surface area contributed by atoms with E-state index >= 15 is 0 Å². The fourth-order valence-electron chi connectivity index (χ4n) is 1.64. The van der Waals surface area contributed by atoms with E-state index in [-0.39, 0.29) is 6.03 Å². The second-order valence-corrected chi connectivity index (χ2v) is 5.17. The number of amides is 2. The van der Waals surface area contributed by atoms with E-state index in [2.05, 4.69) is 5.32 Å². The highest BCUT2D eigenvalue weighted by atomic mass is 35.5. The Morgan fingerprint density at radius 1 is 1.42 bits per heavy atom. The number of benzene rings is 1. The Hall–Kier alpha value is -0.970. The maximum Gasteiger partial charge on any atom is 0.321 e. The van der Waals surface area contributed by atoms with Gasteiger partial charge in [-0.25, -0.2) is 4.79 Å². The predicted molar refractivity (Wildman–Crippen MR) is 79.0 cm³/mol. The molecule has 1 atom stereocenters. The van der Waals surface area contributed by atoms with Crippen LogP contribution in [0.3, 0.4) is 0 Å². The smallest absolute Gasteiger partial charge is 0.321 e. The SMILES string of the molecule is CCCN(C[C@@H](C)O)C(=O)Nc1ccc(Cl)c(Cl)c1. The van der Waals surface area contributed by atoms with Gasteiger partial charge in [0.2, 0.25) is 0 Å². The average molecular weight is 305 g/mol. The van der Waals surface area contributed by atoms with Crippen molar-refractivity contribution in [3.05, 3.63) is 28.2 Å². The molecule has 0 saturated heterocycles. The average Bonchev–Trinajstić information content (AvgIpc) is 2.33. The van der Waals surface area contributed by atoms with Crippen molar-refractivity contribution in [2.75, 3.05) is 18.4 Å². The van der Waals surface area contributed by atoms with Gasteiger partial charge in [0.15, 0.2) is 0 Å². The number of aliphatic hydroxyl groups excluding tert-OH is 1. The first-order chi connectivity index (χ1) is 8.93. The molecule has 1 rings (SSSR count). The van der Waals surface area contributed by atoms with Gasteiger partial charge >= 0.3 is 6.03 Å². The summed E-state index contributed by atoms with van der Waals surface area (Å²) >= 11 is 11.7. The number of nitrogens with one attached hydrogen (secondary N) is 1. The van der Waals surface area contributed by atoms with E-state index in [1.54, 1.807) is 30.0 Å². The highest BCUT2D eigenvalue weighted by molar-refractivity contribution is 6.42. The summed E-state index contributed by atoms with van der Waals surface area (Å²) in [6.07, 6.45) is 0.257. The topological polar surface area (TPSA) is 52.6 Å². The number of nitrogens with zero attached hydrogens (tertiary/aromatic N) is 1. The molecule has 2 amide bonds.